The highest BCUT2D eigenvalue weighted by Crippen LogP contribution is 2.33. The molecule has 24 heteroatoms. The van der Waals surface area contributed by atoms with Gasteiger partial charge in [0, 0.05) is 50.9 Å². The first-order valence-corrected chi connectivity index (χ1v) is 20.5. The molecule has 3 heterocycles. The van der Waals surface area contributed by atoms with Crippen LogP contribution in [0.5, 0.6) is 0 Å². The second-order valence-electron chi connectivity index (χ2n) is 15.1. The first-order valence-electron chi connectivity index (χ1n) is 20.5. The van der Waals surface area contributed by atoms with E-state index in [1.54, 1.807) is 10.9 Å². The zero-order valence-electron chi connectivity index (χ0n) is 34.8. The number of ether oxygens (including phenoxy) is 3. The third-order valence-electron chi connectivity index (χ3n) is 10.2. The summed E-state index contributed by atoms with van der Waals surface area (Å²) in [5, 5.41) is 57.8. The molecule has 7 N–H and O–H groups in total. The molecular weight excluding hydrogens is 854 g/mol. The van der Waals surface area contributed by atoms with Crippen molar-refractivity contribution in [2.75, 3.05) is 59.3 Å². The number of hydrogen-bond donors (Lipinski definition) is 6. The number of hydrogen-bond acceptors (Lipinski definition) is 15. The molecule has 18 nitrogen and oxygen atoms in total. The van der Waals surface area contributed by atoms with E-state index in [4.69, 9.17) is 25.1 Å². The fraction of sp³-hybridized carbons (Fsp3) is 0.667. The number of benzene rings is 1. The number of rotatable bonds is 27. The van der Waals surface area contributed by atoms with E-state index in [-0.39, 0.29) is 76.9 Å². The number of halogens is 6. The number of esters is 1. The molecule has 0 spiro atoms. The Hall–Kier alpha value is -4.27. The normalized spacial score (nSPS) is 15.6. The highest BCUT2D eigenvalue weighted by Gasteiger charge is 2.42. The van der Waals surface area contributed by atoms with Crippen LogP contribution < -0.4 is 5.73 Å². The van der Waals surface area contributed by atoms with Gasteiger partial charge in [0.25, 0.3) is 0 Å². The zero-order chi connectivity index (χ0) is 46.3. The predicted octanol–water partition coefficient (Wildman–Crippen LogP) is 0.921. The van der Waals surface area contributed by atoms with Gasteiger partial charge in [0.1, 0.15) is 30.7 Å². The summed E-state index contributed by atoms with van der Waals surface area (Å²) in [6.07, 6.45) is -6.66. The summed E-state index contributed by atoms with van der Waals surface area (Å²) in [5.74, 6) is -6.89. The van der Waals surface area contributed by atoms with Crippen molar-refractivity contribution < 1.29 is 75.7 Å². The first-order chi connectivity index (χ1) is 29.9. The molecule has 1 aliphatic heterocycles. The lowest BCUT2D eigenvalue weighted by molar-refractivity contribution is -0.148. The van der Waals surface area contributed by atoms with Gasteiger partial charge in [-0.05, 0) is 31.0 Å². The minimum atomic E-state index is -4.93. The van der Waals surface area contributed by atoms with Crippen LogP contribution >= 0.6 is 0 Å². The summed E-state index contributed by atoms with van der Waals surface area (Å²) in [5.41, 5.74) is 5.43. The van der Waals surface area contributed by atoms with E-state index in [9.17, 15) is 56.4 Å². The second-order valence-corrected chi connectivity index (χ2v) is 15.1. The van der Waals surface area contributed by atoms with Crippen molar-refractivity contribution in [3.8, 4) is 0 Å². The van der Waals surface area contributed by atoms with Gasteiger partial charge < -0.3 is 54.9 Å². The number of alkyl halides is 3. The molecule has 0 radical (unpaired) electrons. The smallest absolute Gasteiger partial charge is 0.449 e. The lowest BCUT2D eigenvalue weighted by Crippen LogP contribution is -2.49. The molecular formula is C39H56F6N8O10. The minimum absolute atomic E-state index is 0.0422. The van der Waals surface area contributed by atoms with E-state index in [1.165, 1.54) is 0 Å². The van der Waals surface area contributed by atoms with Crippen LogP contribution in [0.4, 0.5) is 26.3 Å². The molecule has 5 unspecified atom stereocenters. The molecule has 4 rings (SSSR count). The van der Waals surface area contributed by atoms with Gasteiger partial charge in [-0.3, -0.25) is 9.69 Å². The molecule has 354 valence electrons. The Morgan fingerprint density at radius 3 is 2.30 bits per heavy atom. The lowest BCUT2D eigenvalue weighted by atomic mass is 10.0. The molecule has 3 aromatic rings. The number of aromatic nitrogens is 5. The molecule has 0 saturated carbocycles. The molecule has 0 bridgehead atoms. The number of amides is 1. The molecule has 0 fully saturated rings. The Labute approximate surface area is 359 Å². The Kier molecular flexibility index (Phi) is 20.1. The number of fused-ring (bicyclic) bond motifs is 1. The summed E-state index contributed by atoms with van der Waals surface area (Å²) >= 11 is 0. The van der Waals surface area contributed by atoms with Crippen molar-refractivity contribution in [3.63, 3.8) is 0 Å². The average Bonchev–Trinajstić information content (AvgIpc) is 3.87. The summed E-state index contributed by atoms with van der Waals surface area (Å²) in [6, 6.07) is -0.0580. The van der Waals surface area contributed by atoms with E-state index >= 15 is 0 Å². The van der Waals surface area contributed by atoms with Crippen LogP contribution in [0.25, 0.3) is 0 Å². The largest absolute Gasteiger partial charge is 0.458 e. The van der Waals surface area contributed by atoms with Crippen LogP contribution in [0.1, 0.15) is 72.3 Å². The molecule has 63 heavy (non-hydrogen) atoms. The van der Waals surface area contributed by atoms with Crippen LogP contribution in [0, 0.1) is 17.5 Å². The molecule has 1 amide bonds. The third kappa shape index (κ3) is 15.4. The van der Waals surface area contributed by atoms with Gasteiger partial charge in [-0.25, -0.2) is 27.6 Å². The maximum atomic E-state index is 14.1. The Morgan fingerprint density at radius 1 is 0.921 bits per heavy atom. The summed E-state index contributed by atoms with van der Waals surface area (Å²) < 4.78 is 101. The van der Waals surface area contributed by atoms with Gasteiger partial charge >= 0.3 is 12.1 Å². The van der Waals surface area contributed by atoms with Crippen molar-refractivity contribution in [3.05, 3.63) is 64.3 Å². The highest BCUT2D eigenvalue weighted by atomic mass is 19.4. The Bertz CT molecular complexity index is 1910. The van der Waals surface area contributed by atoms with Crippen molar-refractivity contribution >= 4 is 11.9 Å². The van der Waals surface area contributed by atoms with Gasteiger partial charge in [-0.2, -0.15) is 13.2 Å². The van der Waals surface area contributed by atoms with Crippen LogP contribution in [-0.4, -0.2) is 161 Å². The SMILES string of the molecule is CCCCCCN(Cc1cn(CCOCCOCCOC(=O)c2nc(C(F)(F)F)n3c2CN(C(=O)CC(N)Cc2cc(F)c(F)cc2F)CC3)nn1)CC(O)C(O)C(O)C(O)CO. The first kappa shape index (κ1) is 51.4. The number of imidazole rings is 1. The van der Waals surface area contributed by atoms with Crippen LogP contribution in [0.3, 0.4) is 0 Å². The number of unbranched alkanes of at least 4 members (excludes halogenated alkanes) is 3. The van der Waals surface area contributed by atoms with E-state index < -0.39 is 97.1 Å². The molecule has 2 aromatic heterocycles. The van der Waals surface area contributed by atoms with Gasteiger partial charge in [0.05, 0.1) is 63.6 Å². The number of carbonyl (C=O) groups excluding carboxylic acids is 2. The monoisotopic (exact) mass is 910 g/mol. The van der Waals surface area contributed by atoms with Crippen molar-refractivity contribution in [2.45, 2.75) is 108 Å². The summed E-state index contributed by atoms with van der Waals surface area (Å²) in [4.78, 5) is 32.5. The third-order valence-corrected chi connectivity index (χ3v) is 10.2. The minimum Gasteiger partial charge on any atom is -0.458 e. The Morgan fingerprint density at radius 2 is 1.60 bits per heavy atom. The van der Waals surface area contributed by atoms with Gasteiger partial charge in [0.2, 0.25) is 11.7 Å². The van der Waals surface area contributed by atoms with Gasteiger partial charge in [-0.15, -0.1) is 5.10 Å². The lowest BCUT2D eigenvalue weighted by Gasteiger charge is -2.30. The fourth-order valence-electron chi connectivity index (χ4n) is 6.81. The zero-order valence-corrected chi connectivity index (χ0v) is 34.8. The number of aliphatic hydroxyl groups excluding tert-OH is 5. The molecule has 1 aliphatic rings. The standard InChI is InChI=1S/C39H56F6N8O10/c1-2-3-4-5-6-50(22-31(55)35(58)36(59)32(56)23-54)19-26-20-52(49-48-26)9-10-61-11-12-62-13-14-63-37(60)34-30-21-51(7-8-53(30)38(47-34)39(43,44)45)33(57)17-25(46)15-24-16-28(41)29(42)18-27(24)40/h16,18,20,25,31-32,35-36,54-56,58-59H,2-15,17,19,21-23,46H2,1H3. The van der Waals surface area contributed by atoms with E-state index in [1.807, 2.05) is 4.90 Å². The van der Waals surface area contributed by atoms with Crippen LogP contribution in [0.2, 0.25) is 0 Å². The number of aliphatic hydroxyl groups is 5. The fourth-order valence-corrected chi connectivity index (χ4v) is 6.81. The highest BCUT2D eigenvalue weighted by molar-refractivity contribution is 5.89. The maximum Gasteiger partial charge on any atom is 0.449 e. The van der Waals surface area contributed by atoms with Crippen molar-refractivity contribution in [2.24, 2.45) is 5.73 Å². The second kappa shape index (κ2) is 24.7. The Balaban J connectivity index is 1.19. The van der Waals surface area contributed by atoms with Crippen molar-refractivity contribution in [1.29, 1.82) is 0 Å². The van der Waals surface area contributed by atoms with E-state index in [0.29, 0.717) is 30.9 Å². The topological polar surface area (TPSA) is 244 Å². The number of nitrogens with two attached hydrogens (primary N) is 1. The van der Waals surface area contributed by atoms with E-state index in [0.717, 1.165) is 35.2 Å². The summed E-state index contributed by atoms with van der Waals surface area (Å²) in [7, 11) is 0. The van der Waals surface area contributed by atoms with Gasteiger partial charge in [-0.1, -0.05) is 31.4 Å². The quantitative estimate of drug-likeness (QED) is 0.0270. The molecule has 1 aromatic carbocycles. The average molecular weight is 911 g/mol. The van der Waals surface area contributed by atoms with Crippen LogP contribution in [0.15, 0.2) is 18.3 Å². The molecule has 0 aliphatic carbocycles. The number of carbonyl (C=O) groups is 2. The predicted molar refractivity (Wildman–Crippen MR) is 208 cm³/mol. The number of nitrogens with zero attached hydrogens (tertiary/aromatic N) is 7. The van der Waals surface area contributed by atoms with Crippen molar-refractivity contribution in [1.82, 2.24) is 34.3 Å². The van der Waals surface area contributed by atoms with Crippen LogP contribution in [-0.2, 0) is 57.8 Å². The maximum absolute atomic E-state index is 14.1. The molecule has 5 atom stereocenters. The summed E-state index contributed by atoms with van der Waals surface area (Å²) in [6.45, 7) is 1.34. The molecule has 0 saturated heterocycles. The van der Waals surface area contributed by atoms with Gasteiger partial charge in [0.15, 0.2) is 17.3 Å². The van der Waals surface area contributed by atoms with E-state index in [2.05, 4.69) is 22.2 Å².